The van der Waals surface area contributed by atoms with Gasteiger partial charge in [-0.05, 0) is 12.0 Å². The van der Waals surface area contributed by atoms with Gasteiger partial charge in [0.2, 0.25) is 0 Å². The number of nitrogens with zero attached hydrogens (tertiary/aromatic N) is 2. The van der Waals surface area contributed by atoms with Gasteiger partial charge in [-0.2, -0.15) is 0 Å². The zero-order valence-corrected chi connectivity index (χ0v) is 11.8. The van der Waals surface area contributed by atoms with Crippen LogP contribution in [0.5, 0.6) is 0 Å². The minimum absolute atomic E-state index is 0.0388. The van der Waals surface area contributed by atoms with Crippen LogP contribution in [0.25, 0.3) is 0 Å². The third-order valence-corrected chi connectivity index (χ3v) is 4.09. The molecule has 1 aromatic carbocycles. The number of rotatable bonds is 4. The molecule has 1 aliphatic heterocycles. The van der Waals surface area contributed by atoms with Crippen molar-refractivity contribution in [1.29, 1.82) is 0 Å². The molecule has 0 saturated carbocycles. The first-order valence-electron chi connectivity index (χ1n) is 7.01. The second-order valence-electron chi connectivity index (χ2n) is 5.47. The average molecular weight is 286 g/mol. The first-order valence-corrected chi connectivity index (χ1v) is 7.01. The van der Waals surface area contributed by atoms with Gasteiger partial charge in [0, 0.05) is 24.9 Å². The Kier molecular flexibility index (Phi) is 3.75. The van der Waals surface area contributed by atoms with E-state index in [0.29, 0.717) is 13.0 Å². The van der Waals surface area contributed by atoms with E-state index in [9.17, 15) is 9.90 Å². The predicted molar refractivity (Wildman–Crippen MR) is 76.3 cm³/mol. The van der Waals surface area contributed by atoms with Gasteiger partial charge < -0.3 is 14.4 Å². The first-order chi connectivity index (χ1) is 10.2. The van der Waals surface area contributed by atoms with Gasteiger partial charge in [0.15, 0.2) is 0 Å². The van der Waals surface area contributed by atoms with E-state index in [-0.39, 0.29) is 11.9 Å². The molecule has 0 spiro atoms. The molecule has 3 atom stereocenters. The molecule has 1 fully saturated rings. The van der Waals surface area contributed by atoms with E-state index in [0.717, 1.165) is 11.3 Å². The Morgan fingerprint density at radius 2 is 2.19 bits per heavy atom. The van der Waals surface area contributed by atoms with Crippen LogP contribution in [0.15, 0.2) is 42.9 Å². The van der Waals surface area contributed by atoms with E-state index in [2.05, 4.69) is 4.98 Å². The van der Waals surface area contributed by atoms with Gasteiger partial charge in [0.25, 0.3) is 0 Å². The fourth-order valence-electron chi connectivity index (χ4n) is 2.86. The summed E-state index contributed by atoms with van der Waals surface area (Å²) in [5.74, 6) is -0.885. The maximum Gasteiger partial charge on any atom is 0.312 e. The Morgan fingerprint density at radius 3 is 2.86 bits per heavy atom. The van der Waals surface area contributed by atoms with Gasteiger partial charge in [0.05, 0.1) is 25.0 Å². The molecule has 21 heavy (non-hydrogen) atoms. The van der Waals surface area contributed by atoms with Crippen LogP contribution in [0.3, 0.4) is 0 Å². The highest BCUT2D eigenvalue weighted by molar-refractivity contribution is 5.75. The van der Waals surface area contributed by atoms with Gasteiger partial charge in [-0.25, -0.2) is 4.98 Å². The Hall–Kier alpha value is -2.14. The quantitative estimate of drug-likeness (QED) is 0.865. The number of hydrogen-bond acceptors (Lipinski definition) is 4. The van der Waals surface area contributed by atoms with Crippen LogP contribution in [-0.4, -0.2) is 27.2 Å². The number of aromatic nitrogens is 2. The van der Waals surface area contributed by atoms with Gasteiger partial charge in [-0.3, -0.25) is 4.79 Å². The summed E-state index contributed by atoms with van der Waals surface area (Å²) in [6.07, 6.45) is 3.35. The van der Waals surface area contributed by atoms with E-state index < -0.39 is 12.0 Å². The van der Waals surface area contributed by atoms with Crippen LogP contribution in [0.4, 0.5) is 0 Å². The van der Waals surface area contributed by atoms with Crippen molar-refractivity contribution in [3.8, 4) is 0 Å². The molecule has 0 amide bonds. The zero-order chi connectivity index (χ0) is 14.8. The van der Waals surface area contributed by atoms with E-state index in [1.807, 2.05) is 41.9 Å². The minimum atomic E-state index is -0.834. The van der Waals surface area contributed by atoms with E-state index in [1.165, 1.54) is 0 Å². The molecule has 2 heterocycles. The van der Waals surface area contributed by atoms with Gasteiger partial charge in [-0.1, -0.05) is 30.3 Å². The summed E-state index contributed by atoms with van der Waals surface area (Å²) in [4.78, 5) is 16.1. The fourth-order valence-corrected chi connectivity index (χ4v) is 2.86. The topological polar surface area (TPSA) is 64.4 Å². The lowest BCUT2D eigenvalue weighted by Gasteiger charge is -2.21. The van der Waals surface area contributed by atoms with Crippen LogP contribution in [-0.2, 0) is 23.0 Å². The van der Waals surface area contributed by atoms with Crippen molar-refractivity contribution in [3.63, 3.8) is 0 Å². The molecule has 1 N–H and O–H groups in total. The molecule has 2 aromatic rings. The smallest absolute Gasteiger partial charge is 0.312 e. The number of aliphatic hydroxyl groups is 1. The second kappa shape index (κ2) is 5.69. The molecular formula is C16H18N2O3. The molecule has 1 aromatic heterocycles. The Labute approximate surface area is 123 Å². The highest BCUT2D eigenvalue weighted by Crippen LogP contribution is 2.35. The minimum Gasteiger partial charge on any atom is -0.465 e. The maximum atomic E-state index is 12.0. The normalized spacial score (nSPS) is 23.0. The SMILES string of the molecule is Cn1cncc1C[C@H]1COC(=O)C1[C@@H](O)c1ccccc1. The van der Waals surface area contributed by atoms with Crippen LogP contribution in [0, 0.1) is 11.8 Å². The zero-order valence-electron chi connectivity index (χ0n) is 11.8. The second-order valence-corrected chi connectivity index (χ2v) is 5.47. The number of aryl methyl sites for hydroxylation is 1. The number of carbonyl (C=O) groups is 1. The lowest BCUT2D eigenvalue weighted by molar-refractivity contribution is -0.144. The number of hydrogen-bond donors (Lipinski definition) is 1. The molecule has 1 saturated heterocycles. The summed E-state index contributed by atoms with van der Waals surface area (Å²) < 4.78 is 7.11. The molecule has 1 unspecified atom stereocenters. The van der Waals surface area contributed by atoms with Gasteiger partial charge >= 0.3 is 5.97 Å². The molecule has 1 aliphatic rings. The molecule has 0 bridgehead atoms. The third-order valence-electron chi connectivity index (χ3n) is 4.09. The lowest BCUT2D eigenvalue weighted by atomic mass is 9.84. The Morgan fingerprint density at radius 1 is 1.43 bits per heavy atom. The van der Waals surface area contributed by atoms with Gasteiger partial charge in [-0.15, -0.1) is 0 Å². The van der Waals surface area contributed by atoms with Crippen LogP contribution in [0.1, 0.15) is 17.4 Å². The monoisotopic (exact) mass is 286 g/mol. The lowest BCUT2D eigenvalue weighted by Crippen LogP contribution is -2.26. The molecule has 0 aliphatic carbocycles. The van der Waals surface area contributed by atoms with Crippen molar-refractivity contribution in [2.75, 3.05) is 6.61 Å². The molecule has 3 rings (SSSR count). The number of benzene rings is 1. The Bertz CT molecular complexity index is 623. The van der Waals surface area contributed by atoms with E-state index in [4.69, 9.17) is 4.74 Å². The van der Waals surface area contributed by atoms with E-state index in [1.54, 1.807) is 12.5 Å². The average Bonchev–Trinajstić information content (AvgIpc) is 3.06. The van der Waals surface area contributed by atoms with E-state index >= 15 is 0 Å². The van der Waals surface area contributed by atoms with Crippen LogP contribution >= 0.6 is 0 Å². The van der Waals surface area contributed by atoms with Crippen molar-refractivity contribution in [2.45, 2.75) is 12.5 Å². The molecule has 110 valence electrons. The number of aliphatic hydroxyl groups excluding tert-OH is 1. The number of imidazole rings is 1. The standard InChI is InChI=1S/C16H18N2O3/c1-18-10-17-8-13(18)7-12-9-21-16(20)14(12)15(19)11-5-3-2-4-6-11/h2-6,8,10,12,14-15,19H,7,9H2,1H3/t12-,14?,15-/m0/s1. The molecule has 0 radical (unpaired) electrons. The number of esters is 1. The fraction of sp³-hybridized carbons (Fsp3) is 0.375. The van der Waals surface area contributed by atoms with Crippen molar-refractivity contribution in [2.24, 2.45) is 18.9 Å². The van der Waals surface area contributed by atoms with Crippen molar-refractivity contribution in [3.05, 3.63) is 54.1 Å². The first kappa shape index (κ1) is 13.8. The molecular weight excluding hydrogens is 268 g/mol. The number of ether oxygens (including phenoxy) is 1. The van der Waals surface area contributed by atoms with Crippen molar-refractivity contribution in [1.82, 2.24) is 9.55 Å². The molecule has 5 nitrogen and oxygen atoms in total. The third kappa shape index (κ3) is 2.69. The maximum absolute atomic E-state index is 12.0. The summed E-state index contributed by atoms with van der Waals surface area (Å²) >= 11 is 0. The van der Waals surface area contributed by atoms with Gasteiger partial charge in [0.1, 0.15) is 0 Å². The predicted octanol–water partition coefficient (Wildman–Crippen LogP) is 1.49. The summed E-state index contributed by atoms with van der Waals surface area (Å²) in [6.45, 7) is 0.346. The van der Waals surface area contributed by atoms with Crippen LogP contribution < -0.4 is 0 Å². The summed E-state index contributed by atoms with van der Waals surface area (Å²) in [5.41, 5.74) is 1.78. The highest BCUT2D eigenvalue weighted by Gasteiger charge is 2.42. The highest BCUT2D eigenvalue weighted by atomic mass is 16.5. The summed E-state index contributed by atoms with van der Waals surface area (Å²) in [7, 11) is 1.92. The summed E-state index contributed by atoms with van der Waals surface area (Å²) in [6, 6.07) is 9.26. The number of cyclic esters (lactones) is 1. The van der Waals surface area contributed by atoms with Crippen molar-refractivity contribution >= 4 is 5.97 Å². The Balaban J connectivity index is 1.81. The number of carbonyl (C=O) groups excluding carboxylic acids is 1. The largest absolute Gasteiger partial charge is 0.465 e. The summed E-state index contributed by atoms with van der Waals surface area (Å²) in [5, 5.41) is 10.5. The molecule has 5 heteroatoms. The van der Waals surface area contributed by atoms with Crippen molar-refractivity contribution < 1.29 is 14.6 Å². The van der Waals surface area contributed by atoms with Crippen LogP contribution in [0.2, 0.25) is 0 Å².